The van der Waals surface area contributed by atoms with Crippen LogP contribution in [0.3, 0.4) is 0 Å². The Kier molecular flexibility index (Phi) is 6.31. The number of hydrogen-bond donors (Lipinski definition) is 2. The van der Waals surface area contributed by atoms with Gasteiger partial charge >= 0.3 is 6.18 Å². The molecule has 174 valence electrons. The number of likely N-dealkylation sites (N-methyl/N-ethyl adjacent to an activating group) is 1. The number of amides is 1. The fourth-order valence-corrected chi connectivity index (χ4v) is 4.50. The van der Waals surface area contributed by atoms with E-state index in [-0.39, 0.29) is 5.69 Å². The maximum Gasteiger partial charge on any atom is 0.416 e. The van der Waals surface area contributed by atoms with Gasteiger partial charge in [0, 0.05) is 49.3 Å². The molecule has 3 N–H and O–H groups in total. The highest BCUT2D eigenvalue weighted by Crippen LogP contribution is 2.35. The quantitative estimate of drug-likeness (QED) is 0.571. The smallest absolute Gasteiger partial charge is 0.375 e. The molecule has 1 saturated heterocycles. The predicted octanol–water partition coefficient (Wildman–Crippen LogP) is 4.72. The highest BCUT2D eigenvalue weighted by Gasteiger charge is 2.32. The average Bonchev–Trinajstić information content (AvgIpc) is 3.19. The van der Waals surface area contributed by atoms with Crippen LogP contribution < -0.4 is 16.0 Å². The first kappa shape index (κ1) is 23.1. The lowest BCUT2D eigenvalue weighted by Gasteiger charge is -2.34. The number of hydrogen-bond acceptors (Lipinski definition) is 6. The van der Waals surface area contributed by atoms with Crippen LogP contribution >= 0.6 is 11.3 Å². The van der Waals surface area contributed by atoms with Gasteiger partial charge in [-0.2, -0.15) is 13.2 Å². The van der Waals surface area contributed by atoms with E-state index >= 15 is 0 Å². The summed E-state index contributed by atoms with van der Waals surface area (Å²) in [5, 5.41) is 3.07. The van der Waals surface area contributed by atoms with Crippen molar-refractivity contribution in [2.24, 2.45) is 0 Å². The molecule has 4 rings (SSSR count). The van der Waals surface area contributed by atoms with Crippen LogP contribution in [0.5, 0.6) is 0 Å². The van der Waals surface area contributed by atoms with Crippen molar-refractivity contribution in [3.05, 3.63) is 59.3 Å². The minimum absolute atomic E-state index is 0.105. The summed E-state index contributed by atoms with van der Waals surface area (Å²) in [6, 6.07) is 8.84. The van der Waals surface area contributed by atoms with Gasteiger partial charge in [0.1, 0.15) is 0 Å². The molecule has 0 unspecified atom stereocenters. The lowest BCUT2D eigenvalue weighted by molar-refractivity contribution is -0.137. The van der Waals surface area contributed by atoms with E-state index in [0.717, 1.165) is 41.2 Å². The summed E-state index contributed by atoms with van der Waals surface area (Å²) in [7, 11) is 1.98. The summed E-state index contributed by atoms with van der Waals surface area (Å²) >= 11 is 1.30. The van der Waals surface area contributed by atoms with Gasteiger partial charge in [0.15, 0.2) is 5.13 Å². The van der Waals surface area contributed by atoms with Crippen molar-refractivity contribution in [2.45, 2.75) is 13.1 Å². The first-order chi connectivity index (χ1) is 15.6. The number of nitrogens with zero attached hydrogens (tertiary/aromatic N) is 3. The number of nitrogens with one attached hydrogen (secondary N) is 1. The summed E-state index contributed by atoms with van der Waals surface area (Å²) in [6.07, 6.45) is -2.88. The van der Waals surface area contributed by atoms with Gasteiger partial charge in [-0.15, -0.1) is 0 Å². The van der Waals surface area contributed by atoms with E-state index in [1.807, 2.05) is 18.9 Å². The van der Waals surface area contributed by atoms with Crippen LogP contribution in [0.15, 0.2) is 42.6 Å². The molecule has 1 aromatic heterocycles. The molecule has 2 heterocycles. The molecule has 0 saturated carbocycles. The Morgan fingerprint density at radius 3 is 2.48 bits per heavy atom. The van der Waals surface area contributed by atoms with E-state index in [0.29, 0.717) is 29.5 Å². The van der Waals surface area contributed by atoms with Gasteiger partial charge in [0.05, 0.1) is 10.4 Å². The highest BCUT2D eigenvalue weighted by molar-refractivity contribution is 7.18. The standard InChI is InChI=1S/C23H24F3N5OS/c1-14-3-4-15(9-19(14)20-13-28-22(27)33-20)21(32)29-17-10-16(23(24,25)26)11-18(12-17)31-7-5-30(2)6-8-31/h3-4,9-13H,5-8H2,1-2H3,(H2,27,28)(H,29,32). The first-order valence-corrected chi connectivity index (χ1v) is 11.2. The van der Waals surface area contributed by atoms with Gasteiger partial charge in [-0.3, -0.25) is 4.79 Å². The van der Waals surface area contributed by atoms with E-state index in [2.05, 4.69) is 15.2 Å². The van der Waals surface area contributed by atoms with Crippen molar-refractivity contribution >= 4 is 33.8 Å². The molecule has 0 atom stereocenters. The van der Waals surface area contributed by atoms with Crippen molar-refractivity contribution in [3.63, 3.8) is 0 Å². The molecule has 0 spiro atoms. The van der Waals surface area contributed by atoms with Crippen LogP contribution in [0.4, 0.5) is 29.7 Å². The fraction of sp³-hybridized carbons (Fsp3) is 0.304. The number of aromatic nitrogens is 1. The molecule has 0 radical (unpaired) electrons. The number of nitrogen functional groups attached to an aromatic ring is 1. The fourth-order valence-electron chi connectivity index (χ4n) is 3.74. The van der Waals surface area contributed by atoms with E-state index in [1.165, 1.54) is 11.3 Å². The van der Waals surface area contributed by atoms with Crippen LogP contribution in [0.2, 0.25) is 0 Å². The third-order valence-electron chi connectivity index (χ3n) is 5.66. The minimum atomic E-state index is -4.52. The van der Waals surface area contributed by atoms with Crippen LogP contribution in [0.25, 0.3) is 10.4 Å². The molecule has 0 bridgehead atoms. The number of alkyl halides is 3. The number of nitrogens with two attached hydrogens (primary N) is 1. The summed E-state index contributed by atoms with van der Waals surface area (Å²) in [6.45, 7) is 4.65. The highest BCUT2D eigenvalue weighted by atomic mass is 32.1. The number of halogens is 3. The van der Waals surface area contributed by atoms with Gasteiger partial charge in [-0.25, -0.2) is 4.98 Å². The summed E-state index contributed by atoms with van der Waals surface area (Å²) in [5.74, 6) is -0.489. The van der Waals surface area contributed by atoms with Crippen molar-refractivity contribution in [3.8, 4) is 10.4 Å². The molecule has 1 amide bonds. The predicted molar refractivity (Wildman–Crippen MR) is 126 cm³/mol. The maximum atomic E-state index is 13.6. The van der Waals surface area contributed by atoms with Crippen molar-refractivity contribution in [1.29, 1.82) is 0 Å². The number of thiazole rings is 1. The molecule has 1 fully saturated rings. The second-order valence-electron chi connectivity index (χ2n) is 8.10. The minimum Gasteiger partial charge on any atom is -0.375 e. The van der Waals surface area contributed by atoms with E-state index in [9.17, 15) is 18.0 Å². The first-order valence-electron chi connectivity index (χ1n) is 10.4. The largest absolute Gasteiger partial charge is 0.416 e. The van der Waals surface area contributed by atoms with E-state index in [1.54, 1.807) is 30.5 Å². The molecule has 3 aromatic rings. The molecule has 6 nitrogen and oxygen atoms in total. The number of anilines is 3. The van der Waals surface area contributed by atoms with Crippen LogP contribution in [-0.4, -0.2) is 49.0 Å². The number of carbonyl (C=O) groups is 1. The maximum absolute atomic E-state index is 13.6. The van der Waals surface area contributed by atoms with Gasteiger partial charge in [-0.05, 0) is 55.4 Å². The summed E-state index contributed by atoms with van der Waals surface area (Å²) in [4.78, 5) is 21.9. The molecule has 1 aliphatic rings. The van der Waals surface area contributed by atoms with Crippen molar-refractivity contribution in [1.82, 2.24) is 9.88 Å². The number of rotatable bonds is 4. The summed E-state index contributed by atoms with van der Waals surface area (Å²) < 4.78 is 40.7. The Labute approximate surface area is 193 Å². The molecule has 2 aromatic carbocycles. The molecule has 1 aliphatic heterocycles. The second kappa shape index (κ2) is 9.03. The Bertz CT molecular complexity index is 1170. The number of aryl methyl sites for hydroxylation is 1. The normalized spacial score (nSPS) is 15.0. The molecular weight excluding hydrogens is 451 g/mol. The topological polar surface area (TPSA) is 74.5 Å². The third-order valence-corrected chi connectivity index (χ3v) is 6.52. The van der Waals surface area contributed by atoms with Gasteiger partial charge in [0.2, 0.25) is 0 Å². The number of carbonyl (C=O) groups excluding carboxylic acids is 1. The Morgan fingerprint density at radius 1 is 1.12 bits per heavy atom. The average molecular weight is 476 g/mol. The van der Waals surface area contributed by atoms with Gasteiger partial charge in [0.25, 0.3) is 5.91 Å². The second-order valence-corrected chi connectivity index (χ2v) is 9.17. The zero-order valence-corrected chi connectivity index (χ0v) is 19.1. The van der Waals surface area contributed by atoms with Crippen LogP contribution in [0.1, 0.15) is 21.5 Å². The summed E-state index contributed by atoms with van der Waals surface area (Å²) in [5.41, 5.74) is 7.56. The molecule has 33 heavy (non-hydrogen) atoms. The van der Waals surface area contributed by atoms with Gasteiger partial charge in [-0.1, -0.05) is 17.4 Å². The molecule has 10 heteroatoms. The zero-order chi connectivity index (χ0) is 23.8. The van der Waals surface area contributed by atoms with Crippen molar-refractivity contribution < 1.29 is 18.0 Å². The lowest BCUT2D eigenvalue weighted by Crippen LogP contribution is -2.44. The zero-order valence-electron chi connectivity index (χ0n) is 18.2. The number of benzene rings is 2. The van der Waals surface area contributed by atoms with Gasteiger partial charge < -0.3 is 20.9 Å². The van der Waals surface area contributed by atoms with Crippen LogP contribution in [0, 0.1) is 6.92 Å². The van der Waals surface area contributed by atoms with E-state index < -0.39 is 17.6 Å². The Morgan fingerprint density at radius 2 is 1.85 bits per heavy atom. The number of piperazine rings is 1. The van der Waals surface area contributed by atoms with Crippen LogP contribution in [-0.2, 0) is 6.18 Å². The molecule has 0 aliphatic carbocycles. The SMILES string of the molecule is Cc1ccc(C(=O)Nc2cc(N3CCN(C)CC3)cc(C(F)(F)F)c2)cc1-c1cnc(N)s1. The Balaban J connectivity index is 1.63. The molecular formula is C23H24F3N5OS. The lowest BCUT2D eigenvalue weighted by atomic mass is 10.0. The van der Waals surface area contributed by atoms with Crippen molar-refractivity contribution in [2.75, 3.05) is 49.2 Å². The monoisotopic (exact) mass is 475 g/mol. The Hall–Kier alpha value is -3.11. The van der Waals surface area contributed by atoms with E-state index in [4.69, 9.17) is 5.73 Å². The third kappa shape index (κ3) is 5.28.